The van der Waals surface area contributed by atoms with Gasteiger partial charge < -0.3 is 10.0 Å². The molecule has 1 aliphatic heterocycles. The molecule has 1 aromatic heterocycles. The predicted molar refractivity (Wildman–Crippen MR) is 58.0 cm³/mol. The fourth-order valence-electron chi connectivity index (χ4n) is 1.73. The molecule has 0 saturated carbocycles. The van der Waals surface area contributed by atoms with E-state index >= 15 is 0 Å². The van der Waals surface area contributed by atoms with E-state index in [1.807, 2.05) is 6.92 Å². The van der Waals surface area contributed by atoms with E-state index in [9.17, 15) is 9.90 Å². The lowest BCUT2D eigenvalue weighted by molar-refractivity contribution is 0.0574. The number of carbonyl (C=O) groups is 1. The van der Waals surface area contributed by atoms with E-state index in [1.165, 1.54) is 11.3 Å². The molecule has 0 aromatic carbocycles. The summed E-state index contributed by atoms with van der Waals surface area (Å²) < 4.78 is 0. The minimum Gasteiger partial charge on any atom is -0.388 e. The van der Waals surface area contributed by atoms with Crippen molar-refractivity contribution < 1.29 is 9.90 Å². The number of thiazole rings is 1. The maximum atomic E-state index is 11.9. The van der Waals surface area contributed by atoms with Gasteiger partial charge in [-0.15, -0.1) is 11.3 Å². The SMILES string of the molecule is Cc1ncc(C(=O)N2CCC(C)(O)C2)s1. The van der Waals surface area contributed by atoms with Gasteiger partial charge in [-0.1, -0.05) is 0 Å². The molecule has 0 bridgehead atoms. The quantitative estimate of drug-likeness (QED) is 0.778. The molecule has 2 rings (SSSR count). The van der Waals surface area contributed by atoms with Gasteiger partial charge in [0.1, 0.15) is 4.88 Å². The maximum Gasteiger partial charge on any atom is 0.265 e. The number of aryl methyl sites for hydroxylation is 1. The highest BCUT2D eigenvalue weighted by Gasteiger charge is 2.34. The number of hydrogen-bond acceptors (Lipinski definition) is 4. The fourth-order valence-corrected chi connectivity index (χ4v) is 2.48. The molecule has 1 unspecified atom stereocenters. The lowest BCUT2D eigenvalue weighted by Gasteiger charge is -2.17. The van der Waals surface area contributed by atoms with Crippen molar-refractivity contribution in [1.82, 2.24) is 9.88 Å². The Morgan fingerprint density at radius 2 is 2.47 bits per heavy atom. The minimum absolute atomic E-state index is 0.0154. The van der Waals surface area contributed by atoms with Crippen LogP contribution in [0, 0.1) is 6.92 Å². The highest BCUT2D eigenvalue weighted by molar-refractivity contribution is 7.13. The molecule has 82 valence electrons. The van der Waals surface area contributed by atoms with Crippen LogP contribution in [0.3, 0.4) is 0 Å². The number of amides is 1. The second-order valence-corrected chi connectivity index (χ2v) is 5.45. The average Bonchev–Trinajstić information content (AvgIpc) is 2.71. The first-order chi connectivity index (χ1) is 6.98. The Labute approximate surface area is 92.6 Å². The van der Waals surface area contributed by atoms with Gasteiger partial charge >= 0.3 is 0 Å². The molecule has 1 saturated heterocycles. The molecule has 1 aliphatic rings. The molecule has 1 atom stereocenters. The summed E-state index contributed by atoms with van der Waals surface area (Å²) in [6.07, 6.45) is 2.26. The summed E-state index contributed by atoms with van der Waals surface area (Å²) in [6.45, 7) is 4.69. The van der Waals surface area contributed by atoms with Gasteiger partial charge in [-0.05, 0) is 20.3 Å². The molecule has 1 aromatic rings. The highest BCUT2D eigenvalue weighted by Crippen LogP contribution is 2.23. The second kappa shape index (κ2) is 3.57. The summed E-state index contributed by atoms with van der Waals surface area (Å²) in [6, 6.07) is 0. The zero-order valence-corrected chi connectivity index (χ0v) is 9.67. The molecule has 1 amide bonds. The molecule has 2 heterocycles. The first-order valence-corrected chi connectivity index (χ1v) is 5.74. The summed E-state index contributed by atoms with van der Waals surface area (Å²) >= 11 is 1.40. The molecule has 5 heteroatoms. The Morgan fingerprint density at radius 1 is 1.73 bits per heavy atom. The van der Waals surface area contributed by atoms with E-state index in [0.717, 1.165) is 5.01 Å². The van der Waals surface area contributed by atoms with Crippen molar-refractivity contribution in [3.05, 3.63) is 16.1 Å². The lowest BCUT2D eigenvalue weighted by Crippen LogP contribution is -2.33. The first kappa shape index (κ1) is 10.6. The Morgan fingerprint density at radius 3 is 2.93 bits per heavy atom. The topological polar surface area (TPSA) is 53.4 Å². The van der Waals surface area contributed by atoms with Crippen LogP contribution in [0.25, 0.3) is 0 Å². The Bertz CT molecular complexity index is 387. The van der Waals surface area contributed by atoms with Crippen molar-refractivity contribution in [3.8, 4) is 0 Å². The first-order valence-electron chi connectivity index (χ1n) is 4.92. The monoisotopic (exact) mass is 226 g/mol. The third-order valence-corrected chi connectivity index (χ3v) is 3.47. The molecule has 0 radical (unpaired) electrons. The lowest BCUT2D eigenvalue weighted by atomic mass is 10.1. The van der Waals surface area contributed by atoms with Crippen molar-refractivity contribution in [2.45, 2.75) is 25.9 Å². The number of β-amino-alcohol motifs (C(OH)–C–C–N with tert-alkyl or cyclic N) is 1. The molecule has 1 fully saturated rings. The van der Waals surface area contributed by atoms with E-state index in [2.05, 4.69) is 4.98 Å². The van der Waals surface area contributed by atoms with Crippen molar-refractivity contribution in [2.75, 3.05) is 13.1 Å². The molecule has 0 aliphatic carbocycles. The molecule has 15 heavy (non-hydrogen) atoms. The molecule has 1 N–H and O–H groups in total. The summed E-state index contributed by atoms with van der Waals surface area (Å²) in [7, 11) is 0. The molecular formula is C10H14N2O2S. The summed E-state index contributed by atoms with van der Waals surface area (Å²) in [5.74, 6) is -0.0154. The van der Waals surface area contributed by atoms with Crippen molar-refractivity contribution >= 4 is 17.2 Å². The summed E-state index contributed by atoms with van der Waals surface area (Å²) in [5.41, 5.74) is -0.727. The van der Waals surface area contributed by atoms with Gasteiger partial charge in [0.25, 0.3) is 5.91 Å². The van der Waals surface area contributed by atoms with Gasteiger partial charge in [0, 0.05) is 13.1 Å². The third kappa shape index (κ3) is 2.18. The van der Waals surface area contributed by atoms with Crippen LogP contribution in [0.4, 0.5) is 0 Å². The van der Waals surface area contributed by atoms with Gasteiger partial charge in [0.2, 0.25) is 0 Å². The van der Waals surface area contributed by atoms with Crippen LogP contribution >= 0.6 is 11.3 Å². The molecular weight excluding hydrogens is 212 g/mol. The van der Waals surface area contributed by atoms with Gasteiger partial charge in [0.15, 0.2) is 0 Å². The minimum atomic E-state index is -0.727. The van der Waals surface area contributed by atoms with Gasteiger partial charge in [-0.2, -0.15) is 0 Å². The normalized spacial score (nSPS) is 25.9. The zero-order valence-electron chi connectivity index (χ0n) is 8.86. The number of rotatable bonds is 1. The zero-order chi connectivity index (χ0) is 11.1. The Balaban J connectivity index is 2.10. The van der Waals surface area contributed by atoms with E-state index in [-0.39, 0.29) is 5.91 Å². The van der Waals surface area contributed by atoms with Crippen LogP contribution in [-0.2, 0) is 0 Å². The average molecular weight is 226 g/mol. The standard InChI is InChI=1S/C10H14N2O2S/c1-7-11-5-8(15-7)9(13)12-4-3-10(2,14)6-12/h5,14H,3-4,6H2,1-2H3. The van der Waals surface area contributed by atoms with Crippen molar-refractivity contribution in [3.63, 3.8) is 0 Å². The predicted octanol–water partition coefficient (Wildman–Crippen LogP) is 1.05. The van der Waals surface area contributed by atoms with Gasteiger partial charge in [-0.3, -0.25) is 4.79 Å². The Hall–Kier alpha value is -0.940. The molecule has 4 nitrogen and oxygen atoms in total. The van der Waals surface area contributed by atoms with Crippen molar-refractivity contribution in [1.29, 1.82) is 0 Å². The number of nitrogens with zero attached hydrogens (tertiary/aromatic N) is 2. The largest absolute Gasteiger partial charge is 0.388 e. The van der Waals surface area contributed by atoms with Gasteiger partial charge in [0.05, 0.1) is 16.8 Å². The number of aromatic nitrogens is 1. The van der Waals surface area contributed by atoms with Crippen LogP contribution < -0.4 is 0 Å². The smallest absolute Gasteiger partial charge is 0.265 e. The van der Waals surface area contributed by atoms with E-state index < -0.39 is 5.60 Å². The number of hydrogen-bond donors (Lipinski definition) is 1. The fraction of sp³-hybridized carbons (Fsp3) is 0.600. The number of aliphatic hydroxyl groups is 1. The third-order valence-electron chi connectivity index (χ3n) is 2.57. The van der Waals surface area contributed by atoms with E-state index in [0.29, 0.717) is 24.4 Å². The van der Waals surface area contributed by atoms with Crippen LogP contribution in [0.1, 0.15) is 28.0 Å². The van der Waals surface area contributed by atoms with Crippen molar-refractivity contribution in [2.24, 2.45) is 0 Å². The number of carbonyl (C=O) groups excluding carboxylic acids is 1. The van der Waals surface area contributed by atoms with E-state index in [1.54, 1.807) is 18.0 Å². The Kier molecular flexibility index (Phi) is 2.52. The van der Waals surface area contributed by atoms with Crippen LogP contribution in [0.5, 0.6) is 0 Å². The summed E-state index contributed by atoms with van der Waals surface area (Å²) in [5, 5.41) is 10.7. The maximum absolute atomic E-state index is 11.9. The van der Waals surface area contributed by atoms with Crippen LogP contribution in [-0.4, -0.2) is 39.6 Å². The number of likely N-dealkylation sites (tertiary alicyclic amines) is 1. The van der Waals surface area contributed by atoms with Gasteiger partial charge in [-0.25, -0.2) is 4.98 Å². The highest BCUT2D eigenvalue weighted by atomic mass is 32.1. The van der Waals surface area contributed by atoms with Crippen LogP contribution in [0.2, 0.25) is 0 Å². The second-order valence-electron chi connectivity index (χ2n) is 4.22. The summed E-state index contributed by atoms with van der Waals surface area (Å²) in [4.78, 5) is 18.3. The molecule has 0 spiro atoms. The van der Waals surface area contributed by atoms with E-state index in [4.69, 9.17) is 0 Å². The van der Waals surface area contributed by atoms with Crippen LogP contribution in [0.15, 0.2) is 6.20 Å².